The highest BCUT2D eigenvalue weighted by Crippen LogP contribution is 2.24. The molecule has 128 valence electrons. The number of benzene rings is 3. The monoisotopic (exact) mass is 341 g/mol. The van der Waals surface area contributed by atoms with Crippen molar-refractivity contribution in [2.75, 3.05) is 19.0 Å². The lowest BCUT2D eigenvalue weighted by atomic mass is 10.0. The molecule has 4 nitrogen and oxygen atoms in total. The molecule has 0 N–H and O–H groups in total. The van der Waals surface area contributed by atoms with E-state index in [-0.39, 0.29) is 5.78 Å². The Morgan fingerprint density at radius 2 is 1.50 bits per heavy atom. The number of rotatable bonds is 4. The average Bonchev–Trinajstić information content (AvgIpc) is 3.08. The molecule has 3 aromatic carbocycles. The molecule has 4 aromatic rings. The molecule has 0 saturated heterocycles. The summed E-state index contributed by atoms with van der Waals surface area (Å²) in [6.45, 7) is 0. The molecular formula is C22H19N3O. The highest BCUT2D eigenvalue weighted by atomic mass is 16.1. The molecule has 1 heterocycles. The molecule has 26 heavy (non-hydrogen) atoms. The van der Waals surface area contributed by atoms with Gasteiger partial charge in [0.25, 0.3) is 0 Å². The number of para-hydroxylation sites is 2. The van der Waals surface area contributed by atoms with Crippen LogP contribution in [0, 0.1) is 0 Å². The van der Waals surface area contributed by atoms with Crippen molar-refractivity contribution in [2.24, 2.45) is 0 Å². The van der Waals surface area contributed by atoms with E-state index < -0.39 is 0 Å². The van der Waals surface area contributed by atoms with Gasteiger partial charge in [0, 0.05) is 30.7 Å². The normalized spacial score (nSPS) is 10.8. The number of hydrogen-bond donors (Lipinski definition) is 0. The van der Waals surface area contributed by atoms with E-state index in [1.165, 1.54) is 0 Å². The van der Waals surface area contributed by atoms with Gasteiger partial charge in [-0.25, -0.2) is 4.68 Å². The quantitative estimate of drug-likeness (QED) is 0.519. The van der Waals surface area contributed by atoms with Crippen molar-refractivity contribution in [3.8, 4) is 5.69 Å². The van der Waals surface area contributed by atoms with Crippen LogP contribution in [-0.4, -0.2) is 29.7 Å². The minimum absolute atomic E-state index is 0.0683. The Morgan fingerprint density at radius 1 is 0.846 bits per heavy atom. The Balaban J connectivity index is 1.83. The van der Waals surface area contributed by atoms with Crippen LogP contribution >= 0.6 is 0 Å². The Hall–Kier alpha value is -3.40. The lowest BCUT2D eigenvalue weighted by molar-refractivity contribution is 0.103. The van der Waals surface area contributed by atoms with Gasteiger partial charge in [-0.3, -0.25) is 4.79 Å². The van der Waals surface area contributed by atoms with Gasteiger partial charge in [0.1, 0.15) is 5.69 Å². The lowest BCUT2D eigenvalue weighted by Gasteiger charge is -2.12. The summed E-state index contributed by atoms with van der Waals surface area (Å²) >= 11 is 0. The maximum absolute atomic E-state index is 13.1. The number of carbonyl (C=O) groups is 1. The van der Waals surface area contributed by atoms with Gasteiger partial charge in [0.15, 0.2) is 0 Å². The fourth-order valence-corrected chi connectivity index (χ4v) is 3.05. The zero-order valence-electron chi connectivity index (χ0n) is 14.8. The summed E-state index contributed by atoms with van der Waals surface area (Å²) in [7, 11) is 3.96. The van der Waals surface area contributed by atoms with Crippen LogP contribution in [0.5, 0.6) is 0 Å². The average molecular weight is 341 g/mol. The Labute approximate surface area is 152 Å². The van der Waals surface area contributed by atoms with E-state index in [9.17, 15) is 4.79 Å². The highest BCUT2D eigenvalue weighted by molar-refractivity contribution is 6.15. The van der Waals surface area contributed by atoms with E-state index in [4.69, 9.17) is 0 Å². The van der Waals surface area contributed by atoms with Crippen LogP contribution in [0.4, 0.5) is 5.69 Å². The number of anilines is 1. The number of fused-ring (bicyclic) bond motifs is 1. The van der Waals surface area contributed by atoms with Gasteiger partial charge in [-0.15, -0.1) is 0 Å². The van der Waals surface area contributed by atoms with Crippen molar-refractivity contribution in [2.45, 2.75) is 0 Å². The first-order chi connectivity index (χ1) is 12.6. The number of aromatic nitrogens is 2. The SMILES string of the molecule is CN(C)c1ccc(C(=O)c2nn(-c3ccccc3)c3ccccc23)cc1. The smallest absolute Gasteiger partial charge is 0.213 e. The van der Waals surface area contributed by atoms with E-state index >= 15 is 0 Å². The maximum Gasteiger partial charge on any atom is 0.213 e. The first-order valence-corrected chi connectivity index (χ1v) is 8.50. The van der Waals surface area contributed by atoms with Crippen molar-refractivity contribution in [3.63, 3.8) is 0 Å². The van der Waals surface area contributed by atoms with Gasteiger partial charge in [0.05, 0.1) is 11.2 Å². The predicted molar refractivity (Wildman–Crippen MR) is 105 cm³/mol. The lowest BCUT2D eigenvalue weighted by Crippen LogP contribution is -2.09. The minimum Gasteiger partial charge on any atom is -0.378 e. The third-order valence-electron chi connectivity index (χ3n) is 4.45. The van der Waals surface area contributed by atoms with Gasteiger partial charge in [-0.05, 0) is 42.5 Å². The summed E-state index contributed by atoms with van der Waals surface area (Å²) in [5, 5.41) is 5.51. The summed E-state index contributed by atoms with van der Waals surface area (Å²) in [5.41, 5.74) is 4.03. The first kappa shape index (κ1) is 16.1. The molecule has 0 aliphatic heterocycles. The standard InChI is InChI=1S/C22H19N3O/c1-24(2)17-14-12-16(13-15-17)22(26)21-19-10-6-7-11-20(19)25(23-21)18-8-4-3-5-9-18/h3-15H,1-2H3. The molecule has 0 atom stereocenters. The van der Waals surface area contributed by atoms with E-state index in [2.05, 4.69) is 5.10 Å². The molecule has 0 amide bonds. The fourth-order valence-electron chi connectivity index (χ4n) is 3.05. The van der Waals surface area contributed by atoms with Crippen LogP contribution < -0.4 is 4.90 Å². The van der Waals surface area contributed by atoms with E-state index in [1.54, 1.807) is 0 Å². The van der Waals surface area contributed by atoms with Crippen molar-refractivity contribution >= 4 is 22.4 Å². The number of nitrogens with zero attached hydrogens (tertiary/aromatic N) is 3. The molecule has 0 aliphatic carbocycles. The van der Waals surface area contributed by atoms with Crippen LogP contribution in [0.3, 0.4) is 0 Å². The van der Waals surface area contributed by atoms with Gasteiger partial charge in [-0.2, -0.15) is 5.10 Å². The topological polar surface area (TPSA) is 38.1 Å². The van der Waals surface area contributed by atoms with Gasteiger partial charge >= 0.3 is 0 Å². The zero-order chi connectivity index (χ0) is 18.1. The van der Waals surface area contributed by atoms with Crippen molar-refractivity contribution in [3.05, 3.63) is 90.1 Å². The van der Waals surface area contributed by atoms with Crippen LogP contribution in [0.25, 0.3) is 16.6 Å². The van der Waals surface area contributed by atoms with Crippen LogP contribution in [-0.2, 0) is 0 Å². The molecule has 0 bridgehead atoms. The van der Waals surface area contributed by atoms with E-state index in [0.717, 1.165) is 22.3 Å². The van der Waals surface area contributed by atoms with Crippen molar-refractivity contribution in [1.82, 2.24) is 9.78 Å². The summed E-state index contributed by atoms with van der Waals surface area (Å²) in [6, 6.07) is 25.3. The second kappa shape index (κ2) is 6.48. The Morgan fingerprint density at radius 3 is 2.19 bits per heavy atom. The van der Waals surface area contributed by atoms with Gasteiger partial charge < -0.3 is 4.90 Å². The zero-order valence-corrected chi connectivity index (χ0v) is 14.8. The molecule has 0 unspecified atom stereocenters. The maximum atomic E-state index is 13.1. The Bertz CT molecular complexity index is 1060. The molecule has 0 aliphatic rings. The summed E-state index contributed by atoms with van der Waals surface area (Å²) < 4.78 is 1.83. The molecule has 0 spiro atoms. The van der Waals surface area contributed by atoms with E-state index in [0.29, 0.717) is 11.3 Å². The van der Waals surface area contributed by atoms with Crippen LogP contribution in [0.1, 0.15) is 16.1 Å². The molecule has 1 aromatic heterocycles. The fraction of sp³-hybridized carbons (Fsp3) is 0.0909. The molecule has 0 fully saturated rings. The second-order valence-corrected chi connectivity index (χ2v) is 6.38. The molecule has 0 saturated carbocycles. The van der Waals surface area contributed by atoms with Crippen molar-refractivity contribution < 1.29 is 4.79 Å². The molecule has 4 heteroatoms. The first-order valence-electron chi connectivity index (χ1n) is 8.50. The third kappa shape index (κ3) is 2.75. The van der Waals surface area contributed by atoms with Crippen LogP contribution in [0.15, 0.2) is 78.9 Å². The number of ketones is 1. The van der Waals surface area contributed by atoms with Gasteiger partial charge in [-0.1, -0.05) is 36.4 Å². The summed E-state index contributed by atoms with van der Waals surface area (Å²) in [5.74, 6) is -0.0683. The third-order valence-corrected chi connectivity index (χ3v) is 4.45. The number of hydrogen-bond acceptors (Lipinski definition) is 3. The molecule has 0 radical (unpaired) electrons. The molecule has 4 rings (SSSR count). The summed E-state index contributed by atoms with van der Waals surface area (Å²) in [6.07, 6.45) is 0. The second-order valence-electron chi connectivity index (χ2n) is 6.38. The molecular weight excluding hydrogens is 322 g/mol. The predicted octanol–water partition coefficient (Wildman–Crippen LogP) is 4.32. The van der Waals surface area contributed by atoms with Gasteiger partial charge in [0.2, 0.25) is 5.78 Å². The van der Waals surface area contributed by atoms with E-state index in [1.807, 2.05) is 103 Å². The largest absolute Gasteiger partial charge is 0.378 e. The number of carbonyl (C=O) groups excluding carboxylic acids is 1. The Kier molecular flexibility index (Phi) is 4.01. The van der Waals surface area contributed by atoms with Crippen molar-refractivity contribution in [1.29, 1.82) is 0 Å². The minimum atomic E-state index is -0.0683. The highest BCUT2D eigenvalue weighted by Gasteiger charge is 2.19. The summed E-state index contributed by atoms with van der Waals surface area (Å²) in [4.78, 5) is 15.1. The van der Waals surface area contributed by atoms with Crippen LogP contribution in [0.2, 0.25) is 0 Å².